The number of anilines is 2. The average molecular weight is 899 g/mol. The fourth-order valence-corrected chi connectivity index (χ4v) is 6.12. The standard InChI is InChI=1S/C21H20N2O3.C19H13F6N3O.C7H7NO2/c1-14-13-22-11-10-18(14)21(24)23-16-6-4-15(5-7-16)19-12-17(25-2)8-9-20(19)26-3;1-28-10-26-9-16(28)17(29)27-13-5-2-11(3-6-13)14-8-12(18(20,21)22)4-7-15(14)19(23,24)25;1-5-4-8-3-2-6(5)7(9)10/h4-13H,1-3H3,(H,23,24);2-10H,1H3,(H,27,29);2-4H,1H3,(H,9,10). The summed E-state index contributed by atoms with van der Waals surface area (Å²) < 4.78 is 90.8. The van der Waals surface area contributed by atoms with Crippen molar-refractivity contribution >= 4 is 29.2 Å². The Balaban J connectivity index is 0.000000203. The van der Waals surface area contributed by atoms with Crippen molar-refractivity contribution in [3.8, 4) is 33.8 Å². The molecule has 12 nitrogen and oxygen atoms in total. The molecule has 3 aromatic heterocycles. The molecule has 0 radical (unpaired) electrons. The lowest BCUT2D eigenvalue weighted by atomic mass is 9.96. The number of aryl methyl sites for hydroxylation is 3. The lowest BCUT2D eigenvalue weighted by molar-refractivity contribution is -0.141. The van der Waals surface area contributed by atoms with E-state index < -0.39 is 40.9 Å². The molecule has 0 saturated heterocycles. The van der Waals surface area contributed by atoms with Gasteiger partial charge in [-0.1, -0.05) is 24.3 Å². The molecule has 3 heterocycles. The number of nitrogens with one attached hydrogen (secondary N) is 2. The van der Waals surface area contributed by atoms with Crippen molar-refractivity contribution in [3.05, 3.63) is 173 Å². The summed E-state index contributed by atoms with van der Waals surface area (Å²) in [7, 11) is 4.87. The number of methoxy groups -OCH3 is 2. The number of benzene rings is 4. The smallest absolute Gasteiger partial charge is 0.417 e. The first-order chi connectivity index (χ1) is 30.8. The molecular formula is C47H40F6N6O6. The van der Waals surface area contributed by atoms with Gasteiger partial charge in [0.05, 0.1) is 43.4 Å². The van der Waals surface area contributed by atoms with E-state index in [0.29, 0.717) is 34.9 Å². The fraction of sp³-hybridized carbons (Fsp3) is 0.149. The van der Waals surface area contributed by atoms with Gasteiger partial charge in [-0.3, -0.25) is 19.6 Å². The summed E-state index contributed by atoms with van der Waals surface area (Å²) in [4.78, 5) is 46.5. The highest BCUT2D eigenvalue weighted by molar-refractivity contribution is 6.05. The number of carbonyl (C=O) groups is 3. The van der Waals surface area contributed by atoms with E-state index in [1.807, 2.05) is 49.4 Å². The highest BCUT2D eigenvalue weighted by Gasteiger charge is 2.37. The number of aromatic nitrogens is 4. The summed E-state index contributed by atoms with van der Waals surface area (Å²) >= 11 is 0. The zero-order chi connectivity index (χ0) is 47.5. The normalized spacial score (nSPS) is 10.9. The lowest BCUT2D eigenvalue weighted by Crippen LogP contribution is -2.15. The van der Waals surface area contributed by atoms with Gasteiger partial charge in [0.1, 0.15) is 17.2 Å². The molecular weight excluding hydrogens is 859 g/mol. The Morgan fingerprint density at radius 2 is 1.17 bits per heavy atom. The average Bonchev–Trinajstić information content (AvgIpc) is 3.72. The fourth-order valence-electron chi connectivity index (χ4n) is 6.12. The van der Waals surface area contributed by atoms with Crippen LogP contribution in [-0.2, 0) is 19.4 Å². The summed E-state index contributed by atoms with van der Waals surface area (Å²) in [6.45, 7) is 3.58. The highest BCUT2D eigenvalue weighted by atomic mass is 19.4. The number of carboxylic acid groups (broad SMARTS) is 1. The van der Waals surface area contributed by atoms with Gasteiger partial charge < -0.3 is 29.8 Å². The van der Waals surface area contributed by atoms with E-state index >= 15 is 0 Å². The Kier molecular flexibility index (Phi) is 15.4. The quantitative estimate of drug-likeness (QED) is 0.120. The topological polar surface area (TPSA) is 158 Å². The number of carboxylic acids is 1. The summed E-state index contributed by atoms with van der Waals surface area (Å²) in [6.07, 6.45) is -0.568. The number of hydrogen-bond acceptors (Lipinski definition) is 8. The lowest BCUT2D eigenvalue weighted by Gasteiger charge is -2.16. The Bertz CT molecular complexity index is 2770. The number of pyridine rings is 2. The van der Waals surface area contributed by atoms with E-state index in [9.17, 15) is 40.7 Å². The molecule has 336 valence electrons. The molecule has 4 aromatic carbocycles. The van der Waals surface area contributed by atoms with E-state index in [0.717, 1.165) is 33.9 Å². The van der Waals surface area contributed by atoms with Gasteiger partial charge in [0, 0.05) is 54.3 Å². The molecule has 0 spiro atoms. The first kappa shape index (κ1) is 48.0. The Labute approximate surface area is 368 Å². The first-order valence-corrected chi connectivity index (χ1v) is 19.2. The highest BCUT2D eigenvalue weighted by Crippen LogP contribution is 2.41. The molecule has 0 fully saturated rings. The van der Waals surface area contributed by atoms with Gasteiger partial charge in [0.2, 0.25) is 0 Å². The number of ether oxygens (including phenoxy) is 2. The third kappa shape index (κ3) is 12.6. The number of imidazole rings is 1. The van der Waals surface area contributed by atoms with Crippen LogP contribution in [0.25, 0.3) is 22.3 Å². The van der Waals surface area contributed by atoms with Crippen LogP contribution in [-0.4, -0.2) is 56.6 Å². The van der Waals surface area contributed by atoms with Gasteiger partial charge in [-0.15, -0.1) is 0 Å². The number of hydrogen-bond donors (Lipinski definition) is 3. The van der Waals surface area contributed by atoms with E-state index in [1.165, 1.54) is 59.8 Å². The number of halogens is 6. The van der Waals surface area contributed by atoms with Crippen molar-refractivity contribution in [1.82, 2.24) is 19.5 Å². The summed E-state index contributed by atoms with van der Waals surface area (Å²) in [6, 6.07) is 22.8. The van der Waals surface area contributed by atoms with Gasteiger partial charge in [-0.2, -0.15) is 26.3 Å². The molecule has 7 rings (SSSR count). The predicted octanol–water partition coefficient (Wildman–Crippen LogP) is 10.8. The second-order valence-electron chi connectivity index (χ2n) is 14.0. The van der Waals surface area contributed by atoms with Crippen molar-refractivity contribution in [2.24, 2.45) is 7.05 Å². The minimum Gasteiger partial charge on any atom is -0.497 e. The van der Waals surface area contributed by atoms with Crippen LogP contribution in [0.5, 0.6) is 11.5 Å². The van der Waals surface area contributed by atoms with Crippen LogP contribution in [0.15, 0.2) is 134 Å². The van der Waals surface area contributed by atoms with Gasteiger partial charge in [-0.25, -0.2) is 9.78 Å². The molecule has 0 atom stereocenters. The maximum Gasteiger partial charge on any atom is 0.417 e. The zero-order valence-electron chi connectivity index (χ0n) is 35.2. The van der Waals surface area contributed by atoms with Gasteiger partial charge in [0.15, 0.2) is 0 Å². The van der Waals surface area contributed by atoms with Crippen LogP contribution < -0.4 is 20.1 Å². The maximum atomic E-state index is 13.3. The van der Waals surface area contributed by atoms with Crippen molar-refractivity contribution in [2.75, 3.05) is 24.9 Å². The number of amides is 2. The SMILES string of the molecule is COc1ccc(OC)c(-c2ccc(NC(=O)c3ccncc3C)cc2)c1.Cc1cnccc1C(=O)O.Cn1cncc1C(=O)Nc1ccc(-c2cc(C(F)(F)F)ccc2C(F)(F)F)cc1. The van der Waals surface area contributed by atoms with Gasteiger partial charge in [0.25, 0.3) is 11.8 Å². The molecule has 0 aliphatic carbocycles. The summed E-state index contributed by atoms with van der Waals surface area (Å²) in [5, 5.41) is 14.0. The molecule has 0 bridgehead atoms. The molecule has 0 saturated carbocycles. The molecule has 0 aliphatic heterocycles. The second-order valence-corrected chi connectivity index (χ2v) is 14.0. The first-order valence-electron chi connectivity index (χ1n) is 19.2. The van der Waals surface area contributed by atoms with E-state index in [1.54, 1.807) is 46.7 Å². The monoisotopic (exact) mass is 898 g/mol. The molecule has 7 aromatic rings. The molecule has 65 heavy (non-hydrogen) atoms. The molecule has 3 N–H and O–H groups in total. The maximum absolute atomic E-state index is 13.3. The number of rotatable bonds is 9. The minimum absolute atomic E-state index is 0.0676. The Hall–Kier alpha value is -8.02. The predicted molar refractivity (Wildman–Crippen MR) is 231 cm³/mol. The molecule has 18 heteroatoms. The van der Waals surface area contributed by atoms with Crippen LogP contribution in [0, 0.1) is 13.8 Å². The van der Waals surface area contributed by atoms with Crippen LogP contribution in [0.2, 0.25) is 0 Å². The van der Waals surface area contributed by atoms with Crippen LogP contribution >= 0.6 is 0 Å². The molecule has 2 amide bonds. The number of nitrogens with zero attached hydrogens (tertiary/aromatic N) is 4. The number of aromatic carboxylic acids is 1. The molecule has 0 aliphatic rings. The third-order valence-electron chi connectivity index (χ3n) is 9.53. The Morgan fingerprint density at radius 1 is 0.615 bits per heavy atom. The number of carbonyl (C=O) groups excluding carboxylic acids is 2. The van der Waals surface area contributed by atoms with Crippen molar-refractivity contribution < 1.29 is 55.3 Å². The van der Waals surface area contributed by atoms with Crippen molar-refractivity contribution in [3.63, 3.8) is 0 Å². The second kappa shape index (κ2) is 20.9. The van der Waals surface area contributed by atoms with Crippen LogP contribution in [0.4, 0.5) is 37.7 Å². The third-order valence-corrected chi connectivity index (χ3v) is 9.53. The van der Waals surface area contributed by atoms with Crippen LogP contribution in [0.3, 0.4) is 0 Å². The van der Waals surface area contributed by atoms with Gasteiger partial charge >= 0.3 is 18.3 Å². The van der Waals surface area contributed by atoms with Crippen molar-refractivity contribution in [1.29, 1.82) is 0 Å². The minimum atomic E-state index is -4.83. The van der Waals surface area contributed by atoms with E-state index in [4.69, 9.17) is 14.6 Å². The largest absolute Gasteiger partial charge is 0.497 e. The van der Waals surface area contributed by atoms with E-state index in [2.05, 4.69) is 25.6 Å². The van der Waals surface area contributed by atoms with E-state index in [-0.39, 0.29) is 22.9 Å². The number of alkyl halides is 6. The molecule has 0 unspecified atom stereocenters. The summed E-state index contributed by atoms with van der Waals surface area (Å²) in [5.41, 5.74) is 2.55. The van der Waals surface area contributed by atoms with Gasteiger partial charge in [-0.05, 0) is 114 Å². The van der Waals surface area contributed by atoms with Crippen LogP contribution in [0.1, 0.15) is 53.5 Å². The van der Waals surface area contributed by atoms with Crippen molar-refractivity contribution in [2.45, 2.75) is 26.2 Å². The Morgan fingerprint density at radius 3 is 1.63 bits per heavy atom. The summed E-state index contributed by atoms with van der Waals surface area (Å²) in [5.74, 6) is -0.0364. The zero-order valence-corrected chi connectivity index (χ0v) is 35.2.